The number of carbonyl (C=O) groups is 1. The van der Waals surface area contributed by atoms with E-state index >= 15 is 0 Å². The molecule has 2 atom stereocenters. The van der Waals surface area contributed by atoms with Gasteiger partial charge in [0, 0.05) is 24.1 Å². The summed E-state index contributed by atoms with van der Waals surface area (Å²) in [5, 5.41) is 7.14. The van der Waals surface area contributed by atoms with Crippen molar-refractivity contribution < 1.29 is 14.1 Å². The first kappa shape index (κ1) is 21.6. The molecule has 2 saturated carbocycles. The summed E-state index contributed by atoms with van der Waals surface area (Å²) in [7, 11) is 0. The first-order valence-electron chi connectivity index (χ1n) is 10.2. The van der Waals surface area contributed by atoms with Crippen LogP contribution in [0.15, 0.2) is 28.8 Å². The fourth-order valence-electron chi connectivity index (χ4n) is 4.60. The summed E-state index contributed by atoms with van der Waals surface area (Å²) >= 11 is 0. The van der Waals surface area contributed by atoms with Crippen molar-refractivity contribution >= 4 is 18.3 Å². The Morgan fingerprint density at radius 2 is 1.93 bits per heavy atom. The number of ether oxygens (including phenoxy) is 1. The van der Waals surface area contributed by atoms with Crippen LogP contribution in [0.25, 0.3) is 0 Å². The van der Waals surface area contributed by atoms with Gasteiger partial charge in [-0.15, -0.1) is 12.4 Å². The largest absolute Gasteiger partial charge is 0.485 e. The minimum atomic E-state index is -0.0188. The molecular formula is C21H29ClN4O3. The van der Waals surface area contributed by atoms with Crippen molar-refractivity contribution in [2.24, 2.45) is 17.6 Å². The van der Waals surface area contributed by atoms with Crippen molar-refractivity contribution in [3.8, 4) is 5.75 Å². The molecule has 2 aliphatic rings. The van der Waals surface area contributed by atoms with Gasteiger partial charge in [0.25, 0.3) is 5.91 Å². The molecular weight excluding hydrogens is 392 g/mol. The number of benzene rings is 1. The van der Waals surface area contributed by atoms with Crippen LogP contribution in [-0.4, -0.2) is 28.1 Å². The third-order valence-corrected chi connectivity index (χ3v) is 5.97. The number of carbonyl (C=O) groups excluding carboxylic acids is 1. The number of hydrogen-bond donors (Lipinski definition) is 2. The van der Waals surface area contributed by atoms with E-state index in [0.29, 0.717) is 41.3 Å². The number of aryl methyl sites for hydroxylation is 1. The highest BCUT2D eigenvalue weighted by atomic mass is 35.5. The van der Waals surface area contributed by atoms with Crippen LogP contribution < -0.4 is 15.8 Å². The molecule has 2 unspecified atom stereocenters. The molecule has 0 radical (unpaired) electrons. The molecule has 2 aromatic rings. The SMILES string of the molecule is CCc1nc(COc2ccc(C(=O)NC3C4CCCC3CC(N)C4)cc2)no1.Cl. The molecule has 29 heavy (non-hydrogen) atoms. The van der Waals surface area contributed by atoms with E-state index in [1.165, 1.54) is 6.42 Å². The van der Waals surface area contributed by atoms with Crippen molar-refractivity contribution in [2.45, 2.75) is 64.1 Å². The lowest BCUT2D eigenvalue weighted by atomic mass is 9.67. The maximum Gasteiger partial charge on any atom is 0.251 e. The van der Waals surface area contributed by atoms with Crippen LogP contribution in [0.4, 0.5) is 0 Å². The van der Waals surface area contributed by atoms with Crippen LogP contribution >= 0.6 is 12.4 Å². The molecule has 0 aliphatic heterocycles. The van der Waals surface area contributed by atoms with Gasteiger partial charge in [0.1, 0.15) is 5.75 Å². The van der Waals surface area contributed by atoms with Gasteiger partial charge in [-0.05, 0) is 61.8 Å². The summed E-state index contributed by atoms with van der Waals surface area (Å²) < 4.78 is 10.7. The second-order valence-corrected chi connectivity index (χ2v) is 7.95. The lowest BCUT2D eigenvalue weighted by molar-refractivity contribution is 0.0756. The van der Waals surface area contributed by atoms with Gasteiger partial charge in [0.05, 0.1) is 0 Å². The number of fused-ring (bicyclic) bond motifs is 2. The van der Waals surface area contributed by atoms with E-state index in [-0.39, 0.29) is 37.0 Å². The first-order valence-corrected chi connectivity index (χ1v) is 10.2. The average molecular weight is 421 g/mol. The van der Waals surface area contributed by atoms with Crippen molar-refractivity contribution in [1.29, 1.82) is 0 Å². The topological polar surface area (TPSA) is 103 Å². The van der Waals surface area contributed by atoms with Gasteiger partial charge in [-0.1, -0.05) is 18.5 Å². The lowest BCUT2D eigenvalue weighted by Crippen LogP contribution is -2.53. The molecule has 7 nitrogen and oxygen atoms in total. The van der Waals surface area contributed by atoms with E-state index in [1.54, 1.807) is 24.3 Å². The highest BCUT2D eigenvalue weighted by Crippen LogP contribution is 2.39. The second-order valence-electron chi connectivity index (χ2n) is 7.95. The summed E-state index contributed by atoms with van der Waals surface area (Å²) in [4.78, 5) is 16.9. The number of nitrogens with one attached hydrogen (secondary N) is 1. The molecule has 1 heterocycles. The summed E-state index contributed by atoms with van der Waals surface area (Å²) in [6.07, 6.45) is 6.32. The average Bonchev–Trinajstić information content (AvgIpc) is 3.15. The minimum absolute atomic E-state index is 0. The smallest absolute Gasteiger partial charge is 0.251 e. The Morgan fingerprint density at radius 1 is 1.24 bits per heavy atom. The molecule has 4 rings (SSSR count). The van der Waals surface area contributed by atoms with Crippen LogP contribution in [0.1, 0.15) is 61.1 Å². The Labute approximate surface area is 177 Å². The molecule has 0 saturated heterocycles. The Morgan fingerprint density at radius 3 is 2.55 bits per heavy atom. The summed E-state index contributed by atoms with van der Waals surface area (Å²) in [5.74, 6) is 2.78. The zero-order chi connectivity index (χ0) is 19.5. The Kier molecular flexibility index (Phi) is 7.14. The molecule has 0 spiro atoms. The first-order chi connectivity index (χ1) is 13.6. The highest BCUT2D eigenvalue weighted by Gasteiger charge is 2.39. The molecule has 8 heteroatoms. The summed E-state index contributed by atoms with van der Waals surface area (Å²) in [5.41, 5.74) is 6.83. The molecule has 158 valence electrons. The fourth-order valence-corrected chi connectivity index (χ4v) is 4.60. The van der Waals surface area contributed by atoms with Gasteiger partial charge in [-0.3, -0.25) is 4.79 Å². The Bertz CT molecular complexity index is 797. The third kappa shape index (κ3) is 5.08. The maximum absolute atomic E-state index is 12.7. The van der Waals surface area contributed by atoms with Gasteiger partial charge in [0.15, 0.2) is 6.61 Å². The van der Waals surface area contributed by atoms with Crippen molar-refractivity contribution in [1.82, 2.24) is 15.5 Å². The van der Waals surface area contributed by atoms with Crippen LogP contribution in [0.2, 0.25) is 0 Å². The molecule has 2 bridgehead atoms. The Balaban J connectivity index is 0.00000240. The van der Waals surface area contributed by atoms with E-state index in [0.717, 1.165) is 25.7 Å². The van der Waals surface area contributed by atoms with E-state index < -0.39 is 0 Å². The summed E-state index contributed by atoms with van der Waals surface area (Å²) in [6, 6.07) is 7.72. The van der Waals surface area contributed by atoms with Crippen molar-refractivity contribution in [2.75, 3.05) is 0 Å². The highest BCUT2D eigenvalue weighted by molar-refractivity contribution is 5.94. The van der Waals surface area contributed by atoms with Crippen LogP contribution in [0.5, 0.6) is 5.75 Å². The minimum Gasteiger partial charge on any atom is -0.485 e. The molecule has 1 amide bonds. The van der Waals surface area contributed by atoms with Gasteiger partial charge in [-0.2, -0.15) is 4.98 Å². The number of halogens is 1. The molecule has 2 fully saturated rings. The van der Waals surface area contributed by atoms with Crippen LogP contribution in [0, 0.1) is 11.8 Å². The normalized spacial score (nSPS) is 25.7. The predicted octanol–water partition coefficient (Wildman–Crippen LogP) is 3.27. The van der Waals surface area contributed by atoms with Crippen LogP contribution in [-0.2, 0) is 13.0 Å². The monoisotopic (exact) mass is 420 g/mol. The van der Waals surface area contributed by atoms with Gasteiger partial charge < -0.3 is 20.3 Å². The van der Waals surface area contributed by atoms with Gasteiger partial charge in [-0.25, -0.2) is 0 Å². The third-order valence-electron chi connectivity index (χ3n) is 5.97. The molecule has 2 aliphatic carbocycles. The standard InChI is InChI=1S/C21H28N4O3.ClH/c1-2-19-23-18(25-28-19)12-27-17-8-6-13(7-9-17)21(26)24-20-14-4-3-5-15(20)11-16(22)10-14;/h6-9,14-16,20H,2-5,10-12,22H2,1H3,(H,24,26);1H. The van der Waals surface area contributed by atoms with Gasteiger partial charge in [0.2, 0.25) is 11.7 Å². The van der Waals surface area contributed by atoms with E-state index in [4.69, 9.17) is 15.0 Å². The lowest BCUT2D eigenvalue weighted by Gasteiger charge is -2.45. The van der Waals surface area contributed by atoms with E-state index in [1.807, 2.05) is 6.92 Å². The molecule has 3 N–H and O–H groups in total. The van der Waals surface area contributed by atoms with Crippen molar-refractivity contribution in [3.05, 3.63) is 41.5 Å². The predicted molar refractivity (Wildman–Crippen MR) is 111 cm³/mol. The van der Waals surface area contributed by atoms with Gasteiger partial charge >= 0.3 is 0 Å². The van der Waals surface area contributed by atoms with Crippen molar-refractivity contribution in [3.63, 3.8) is 0 Å². The molecule has 1 aromatic carbocycles. The number of nitrogens with zero attached hydrogens (tertiary/aromatic N) is 2. The zero-order valence-corrected chi connectivity index (χ0v) is 17.5. The number of rotatable bonds is 6. The molecule has 1 aromatic heterocycles. The Hall–Kier alpha value is -2.12. The van der Waals surface area contributed by atoms with Crippen LogP contribution in [0.3, 0.4) is 0 Å². The number of aromatic nitrogens is 2. The summed E-state index contributed by atoms with van der Waals surface area (Å²) in [6.45, 7) is 2.19. The van der Waals surface area contributed by atoms with E-state index in [9.17, 15) is 4.79 Å². The zero-order valence-electron chi connectivity index (χ0n) is 16.7. The number of hydrogen-bond acceptors (Lipinski definition) is 6. The maximum atomic E-state index is 12.7. The fraction of sp³-hybridized carbons (Fsp3) is 0.571. The quantitative estimate of drug-likeness (QED) is 0.743. The number of amides is 1. The number of nitrogens with two attached hydrogens (primary N) is 1. The van der Waals surface area contributed by atoms with E-state index in [2.05, 4.69) is 15.5 Å². The second kappa shape index (κ2) is 9.59.